The van der Waals surface area contributed by atoms with Gasteiger partial charge in [-0.3, -0.25) is 5.32 Å². The van der Waals surface area contributed by atoms with Crippen LogP contribution < -0.4 is 5.32 Å². The molecular weight excluding hydrogens is 355 g/mol. The van der Waals surface area contributed by atoms with Crippen molar-refractivity contribution in [2.45, 2.75) is 51.9 Å². The Balaban J connectivity index is 3.03. The van der Waals surface area contributed by atoms with Gasteiger partial charge in [0.05, 0.1) is 15.5 Å². The summed E-state index contributed by atoms with van der Waals surface area (Å²) >= 11 is 5.97. The van der Waals surface area contributed by atoms with Crippen molar-refractivity contribution >= 4 is 40.6 Å². The number of hydrogen-bond acceptors (Lipinski definition) is 3. The van der Waals surface area contributed by atoms with Gasteiger partial charge in [0.1, 0.15) is 22.4 Å². The topological polar surface area (TPSA) is 67.8 Å². The Morgan fingerprint density at radius 3 is 2.38 bits per heavy atom. The molecule has 8 heteroatoms. The minimum atomic E-state index is -1.48. The molecule has 0 heterocycles. The van der Waals surface area contributed by atoms with Crippen LogP contribution >= 0.6 is 11.6 Å². The second-order valence-corrected chi connectivity index (χ2v) is 9.42. The molecule has 1 aromatic rings. The van der Waals surface area contributed by atoms with E-state index in [1.807, 2.05) is 0 Å². The van der Waals surface area contributed by atoms with Crippen LogP contribution in [0.1, 0.15) is 47.1 Å². The quantitative estimate of drug-likeness (QED) is 0.777. The number of carbonyl (C=O) groups is 1. The molecule has 5 nitrogen and oxygen atoms in total. The highest BCUT2D eigenvalue weighted by molar-refractivity contribution is 7.85. The van der Waals surface area contributed by atoms with Gasteiger partial charge in [0, 0.05) is 11.8 Å². The van der Waals surface area contributed by atoms with E-state index in [1.54, 1.807) is 41.5 Å². The van der Waals surface area contributed by atoms with E-state index in [0.29, 0.717) is 5.56 Å². The zero-order chi connectivity index (χ0) is 18.7. The van der Waals surface area contributed by atoms with E-state index in [0.717, 1.165) is 6.07 Å². The van der Waals surface area contributed by atoms with Crippen LogP contribution in [0.15, 0.2) is 16.5 Å². The molecule has 0 fully saturated rings. The highest BCUT2D eigenvalue weighted by atomic mass is 35.5. The van der Waals surface area contributed by atoms with E-state index >= 15 is 0 Å². The van der Waals surface area contributed by atoms with Crippen LogP contribution in [0.25, 0.3) is 0 Å². The number of benzene rings is 1. The number of anilines is 1. The van der Waals surface area contributed by atoms with Crippen molar-refractivity contribution in [3.05, 3.63) is 28.5 Å². The van der Waals surface area contributed by atoms with E-state index < -0.39 is 33.2 Å². The Kier molecular flexibility index (Phi) is 6.52. The van der Waals surface area contributed by atoms with Gasteiger partial charge in [-0.05, 0) is 53.7 Å². The number of hydrogen-bond donors (Lipinski definition) is 1. The molecule has 1 rings (SSSR count). The summed E-state index contributed by atoms with van der Waals surface area (Å²) in [5.41, 5.74) is -0.473. The third kappa shape index (κ3) is 6.57. The van der Waals surface area contributed by atoms with Crippen molar-refractivity contribution in [3.63, 3.8) is 0 Å². The lowest BCUT2D eigenvalue weighted by molar-refractivity contribution is 0.0635. The first kappa shape index (κ1) is 20.6. The predicted molar refractivity (Wildman–Crippen MR) is 96.8 cm³/mol. The zero-order valence-electron chi connectivity index (χ0n) is 14.6. The first-order valence-corrected chi connectivity index (χ1v) is 8.73. The minimum Gasteiger partial charge on any atom is -0.444 e. The molecule has 0 spiro atoms. The lowest BCUT2D eigenvalue weighted by Crippen LogP contribution is -2.27. The summed E-state index contributed by atoms with van der Waals surface area (Å²) in [4.78, 5) is 11.8. The summed E-state index contributed by atoms with van der Waals surface area (Å²) in [5, 5.41) is 2.41. The normalized spacial score (nSPS) is 13.8. The SMILES string of the molecule is CC(C)(C)OC(=O)Nc1cc(/C=N/[S@@](=O)C(C)(C)C)c(Cl)cc1F. The van der Waals surface area contributed by atoms with Crippen molar-refractivity contribution in [1.29, 1.82) is 0 Å². The maximum absolute atomic E-state index is 14.0. The lowest BCUT2D eigenvalue weighted by atomic mass is 10.2. The number of ether oxygens (including phenoxy) is 1. The maximum Gasteiger partial charge on any atom is 0.412 e. The second-order valence-electron chi connectivity index (χ2n) is 7.08. The fraction of sp³-hybridized carbons (Fsp3) is 0.500. The van der Waals surface area contributed by atoms with Gasteiger partial charge >= 0.3 is 6.09 Å². The molecule has 0 aliphatic heterocycles. The molecule has 0 bridgehead atoms. The molecule has 134 valence electrons. The Morgan fingerprint density at radius 1 is 1.29 bits per heavy atom. The van der Waals surface area contributed by atoms with Crippen LogP contribution in [-0.2, 0) is 15.7 Å². The Hall–Kier alpha value is -1.47. The molecule has 0 aliphatic carbocycles. The van der Waals surface area contributed by atoms with E-state index in [9.17, 15) is 13.4 Å². The highest BCUT2D eigenvalue weighted by Crippen LogP contribution is 2.24. The van der Waals surface area contributed by atoms with Gasteiger partial charge in [-0.15, -0.1) is 0 Å². The standard InChI is InChI=1S/C16H22ClFN2O3S/c1-15(2,3)23-14(21)20-13-7-10(11(17)8-12(13)18)9-19-24(22)16(4,5)6/h7-9H,1-6H3,(H,20,21)/b19-9+/t24-/m0/s1. The van der Waals surface area contributed by atoms with Gasteiger partial charge < -0.3 is 4.74 Å². The average Bonchev–Trinajstić information content (AvgIpc) is 2.36. The van der Waals surface area contributed by atoms with Crippen molar-refractivity contribution in [2.24, 2.45) is 4.40 Å². The Morgan fingerprint density at radius 2 is 1.88 bits per heavy atom. The van der Waals surface area contributed by atoms with Crippen molar-refractivity contribution in [2.75, 3.05) is 5.32 Å². The van der Waals surface area contributed by atoms with Crippen LogP contribution in [0.2, 0.25) is 5.02 Å². The number of halogens is 2. The van der Waals surface area contributed by atoms with Gasteiger partial charge in [-0.1, -0.05) is 11.6 Å². The third-order valence-electron chi connectivity index (χ3n) is 2.53. The Bertz CT molecular complexity index is 679. The minimum absolute atomic E-state index is 0.0943. The van der Waals surface area contributed by atoms with Gasteiger partial charge in [0.2, 0.25) is 0 Å². The molecule has 0 aliphatic rings. The van der Waals surface area contributed by atoms with Gasteiger partial charge in [-0.2, -0.15) is 4.40 Å². The molecule has 0 saturated carbocycles. The van der Waals surface area contributed by atoms with Crippen LogP contribution in [0, 0.1) is 5.82 Å². The van der Waals surface area contributed by atoms with Crippen LogP contribution in [0.4, 0.5) is 14.9 Å². The van der Waals surface area contributed by atoms with Crippen LogP contribution in [0.3, 0.4) is 0 Å². The molecule has 0 unspecified atom stereocenters. The predicted octanol–water partition coefficient (Wildman–Crippen LogP) is 4.71. The molecule has 0 radical (unpaired) electrons. The van der Waals surface area contributed by atoms with Gasteiger partial charge in [-0.25, -0.2) is 13.4 Å². The first-order chi connectivity index (χ1) is 10.8. The summed E-state index contributed by atoms with van der Waals surface area (Å²) in [6, 6.07) is 2.36. The fourth-order valence-corrected chi connectivity index (χ4v) is 2.16. The summed E-state index contributed by atoms with van der Waals surface area (Å²) in [6.07, 6.45) is 0.508. The molecule has 1 atom stereocenters. The van der Waals surface area contributed by atoms with Crippen molar-refractivity contribution in [3.8, 4) is 0 Å². The van der Waals surface area contributed by atoms with E-state index in [1.165, 1.54) is 12.3 Å². The second kappa shape index (κ2) is 7.61. The molecule has 0 aromatic heterocycles. The number of amides is 1. The van der Waals surface area contributed by atoms with E-state index in [-0.39, 0.29) is 10.7 Å². The molecule has 1 amide bonds. The number of nitrogens with one attached hydrogen (secondary N) is 1. The zero-order valence-corrected chi connectivity index (χ0v) is 16.1. The largest absolute Gasteiger partial charge is 0.444 e. The first-order valence-electron chi connectivity index (χ1n) is 7.25. The van der Waals surface area contributed by atoms with E-state index in [2.05, 4.69) is 9.71 Å². The summed E-state index contributed by atoms with van der Waals surface area (Å²) in [7, 11) is -1.48. The van der Waals surface area contributed by atoms with Crippen LogP contribution in [-0.4, -0.2) is 26.9 Å². The lowest BCUT2D eigenvalue weighted by Gasteiger charge is -2.20. The van der Waals surface area contributed by atoms with E-state index in [4.69, 9.17) is 16.3 Å². The van der Waals surface area contributed by atoms with Gasteiger partial charge in [0.25, 0.3) is 0 Å². The Labute approximate surface area is 149 Å². The van der Waals surface area contributed by atoms with Crippen LogP contribution in [0.5, 0.6) is 0 Å². The molecule has 1 aromatic carbocycles. The van der Waals surface area contributed by atoms with Gasteiger partial charge in [0.15, 0.2) is 0 Å². The fourth-order valence-electron chi connectivity index (χ4n) is 1.44. The van der Waals surface area contributed by atoms with Crippen molar-refractivity contribution in [1.82, 2.24) is 0 Å². The number of rotatable bonds is 3. The number of carbonyl (C=O) groups excluding carboxylic acids is 1. The third-order valence-corrected chi connectivity index (χ3v) is 4.21. The highest BCUT2D eigenvalue weighted by Gasteiger charge is 2.20. The monoisotopic (exact) mass is 376 g/mol. The summed E-state index contributed by atoms with van der Waals surface area (Å²) < 4.78 is 34.4. The van der Waals surface area contributed by atoms with Crippen molar-refractivity contribution < 1.29 is 18.1 Å². The smallest absolute Gasteiger partial charge is 0.412 e. The summed E-state index contributed by atoms with van der Waals surface area (Å²) in [6.45, 7) is 10.4. The molecule has 1 N–H and O–H groups in total. The molecular formula is C16H22ClFN2O3S. The molecule has 0 saturated heterocycles. The number of nitrogens with zero attached hydrogens (tertiary/aromatic N) is 1. The molecule has 24 heavy (non-hydrogen) atoms. The summed E-state index contributed by atoms with van der Waals surface area (Å²) in [5.74, 6) is -0.708. The maximum atomic E-state index is 14.0. The average molecular weight is 377 g/mol.